The van der Waals surface area contributed by atoms with Gasteiger partial charge in [-0.05, 0) is 83.7 Å². The summed E-state index contributed by atoms with van der Waals surface area (Å²) in [4.78, 5) is 12.2. The summed E-state index contributed by atoms with van der Waals surface area (Å²) < 4.78 is 6.66. The Bertz CT molecular complexity index is 689. The Morgan fingerprint density at radius 2 is 1.96 bits per heavy atom. The minimum atomic E-state index is -0.269. The second-order valence-corrected chi connectivity index (χ2v) is 6.45. The van der Waals surface area contributed by atoms with Crippen molar-refractivity contribution in [2.75, 3.05) is 11.9 Å². The summed E-state index contributed by atoms with van der Waals surface area (Å²) in [6.45, 7) is 2.66. The fraction of sp³-hybridized carbons (Fsp3) is 0.176. The van der Waals surface area contributed by atoms with Gasteiger partial charge in [0.15, 0.2) is 5.11 Å². The normalized spacial score (nSPS) is 10.0. The summed E-state index contributed by atoms with van der Waals surface area (Å²) in [7, 11) is 0. The number of carbonyl (C=O) groups excluding carboxylic acids is 1. The molecule has 2 N–H and O–H groups in total. The van der Waals surface area contributed by atoms with E-state index in [0.29, 0.717) is 17.9 Å². The summed E-state index contributed by atoms with van der Waals surface area (Å²) in [5.74, 6) is 0.408. The number of hydrogen-bond donors (Lipinski definition) is 2. The second-order valence-electron chi connectivity index (χ2n) is 4.79. The topological polar surface area (TPSA) is 50.4 Å². The first kappa shape index (κ1) is 17.7. The molecular formula is C17H17IN2O2S. The zero-order valence-corrected chi connectivity index (χ0v) is 15.6. The molecule has 0 bridgehead atoms. The van der Waals surface area contributed by atoms with E-state index in [1.54, 1.807) is 18.2 Å². The van der Waals surface area contributed by atoms with Crippen LogP contribution in [0.25, 0.3) is 0 Å². The number of anilines is 1. The van der Waals surface area contributed by atoms with Crippen molar-refractivity contribution in [2.24, 2.45) is 0 Å². The number of halogens is 1. The molecule has 2 aromatic carbocycles. The third kappa shape index (κ3) is 5.80. The highest BCUT2D eigenvalue weighted by atomic mass is 127. The molecule has 0 atom stereocenters. The Kier molecular flexibility index (Phi) is 6.79. The van der Waals surface area contributed by atoms with E-state index < -0.39 is 0 Å². The Morgan fingerprint density at radius 3 is 2.65 bits per heavy atom. The van der Waals surface area contributed by atoms with Gasteiger partial charge in [0.05, 0.1) is 6.61 Å². The van der Waals surface area contributed by atoms with Crippen LogP contribution in [-0.2, 0) is 0 Å². The summed E-state index contributed by atoms with van der Waals surface area (Å²) in [6.07, 6.45) is 0.917. The standard InChI is InChI=1S/C17H17IN2O2S/c1-2-10-22-15-5-3-4-12(11-15)16(21)20-17(23)19-14-8-6-13(18)7-9-14/h3-9,11H,2,10H2,1H3,(H2,19,20,21,23). The number of benzene rings is 2. The molecule has 0 unspecified atom stereocenters. The van der Waals surface area contributed by atoms with Crippen molar-refractivity contribution in [3.05, 3.63) is 57.7 Å². The van der Waals surface area contributed by atoms with E-state index in [1.165, 1.54) is 0 Å². The number of amides is 1. The van der Waals surface area contributed by atoms with Crippen LogP contribution < -0.4 is 15.4 Å². The van der Waals surface area contributed by atoms with E-state index in [4.69, 9.17) is 17.0 Å². The van der Waals surface area contributed by atoms with Crippen molar-refractivity contribution in [1.29, 1.82) is 0 Å². The number of hydrogen-bond acceptors (Lipinski definition) is 3. The molecule has 0 fully saturated rings. The summed E-state index contributed by atoms with van der Waals surface area (Å²) >= 11 is 7.40. The lowest BCUT2D eigenvalue weighted by Crippen LogP contribution is -2.34. The van der Waals surface area contributed by atoms with Crippen LogP contribution >= 0.6 is 34.8 Å². The van der Waals surface area contributed by atoms with Gasteiger partial charge >= 0.3 is 0 Å². The molecule has 2 rings (SSSR count). The Balaban J connectivity index is 1.95. The average Bonchev–Trinajstić information content (AvgIpc) is 2.55. The molecule has 0 aromatic heterocycles. The molecule has 0 aliphatic heterocycles. The van der Waals surface area contributed by atoms with Crippen molar-refractivity contribution in [2.45, 2.75) is 13.3 Å². The first-order valence-electron chi connectivity index (χ1n) is 7.19. The van der Waals surface area contributed by atoms with E-state index in [9.17, 15) is 4.79 Å². The molecule has 1 amide bonds. The van der Waals surface area contributed by atoms with Crippen LogP contribution in [0, 0.1) is 3.57 Å². The third-order valence-corrected chi connectivity index (χ3v) is 3.82. The number of rotatable bonds is 5. The lowest BCUT2D eigenvalue weighted by Gasteiger charge is -2.10. The molecule has 0 saturated heterocycles. The van der Waals surface area contributed by atoms with Gasteiger partial charge in [-0.1, -0.05) is 13.0 Å². The first-order valence-corrected chi connectivity index (χ1v) is 8.68. The van der Waals surface area contributed by atoms with Crippen LogP contribution in [0.4, 0.5) is 5.69 Å². The van der Waals surface area contributed by atoms with Gasteiger partial charge in [-0.25, -0.2) is 0 Å². The smallest absolute Gasteiger partial charge is 0.257 e. The quantitative estimate of drug-likeness (QED) is 0.541. The second kappa shape index (κ2) is 8.83. The van der Waals surface area contributed by atoms with Crippen LogP contribution in [-0.4, -0.2) is 17.6 Å². The van der Waals surface area contributed by atoms with Gasteiger partial charge in [-0.3, -0.25) is 10.1 Å². The molecule has 0 aliphatic rings. The van der Waals surface area contributed by atoms with Gasteiger partial charge in [0.25, 0.3) is 5.91 Å². The molecule has 2 aromatic rings. The maximum atomic E-state index is 12.2. The number of carbonyl (C=O) groups is 1. The van der Waals surface area contributed by atoms with Gasteiger partial charge in [0.2, 0.25) is 0 Å². The van der Waals surface area contributed by atoms with Gasteiger partial charge in [-0.2, -0.15) is 0 Å². The maximum Gasteiger partial charge on any atom is 0.257 e. The monoisotopic (exact) mass is 440 g/mol. The van der Waals surface area contributed by atoms with E-state index in [0.717, 1.165) is 15.7 Å². The van der Waals surface area contributed by atoms with Crippen molar-refractivity contribution >= 4 is 51.5 Å². The third-order valence-electron chi connectivity index (χ3n) is 2.90. The molecule has 23 heavy (non-hydrogen) atoms. The van der Waals surface area contributed by atoms with Crippen LogP contribution in [0.2, 0.25) is 0 Å². The molecule has 6 heteroatoms. The molecule has 4 nitrogen and oxygen atoms in total. The van der Waals surface area contributed by atoms with Crippen molar-refractivity contribution in [1.82, 2.24) is 5.32 Å². The highest BCUT2D eigenvalue weighted by molar-refractivity contribution is 14.1. The van der Waals surface area contributed by atoms with E-state index in [2.05, 4.69) is 33.2 Å². The lowest BCUT2D eigenvalue weighted by molar-refractivity contribution is 0.0977. The Labute approximate surface area is 154 Å². The molecule has 120 valence electrons. The lowest BCUT2D eigenvalue weighted by atomic mass is 10.2. The fourth-order valence-corrected chi connectivity index (χ4v) is 2.39. The van der Waals surface area contributed by atoms with Crippen molar-refractivity contribution < 1.29 is 9.53 Å². The predicted octanol–water partition coefficient (Wildman–Crippen LogP) is 4.21. The fourth-order valence-electron chi connectivity index (χ4n) is 1.82. The molecule has 0 saturated carbocycles. The maximum absolute atomic E-state index is 12.2. The van der Waals surface area contributed by atoms with E-state index in [1.807, 2.05) is 37.3 Å². The van der Waals surface area contributed by atoms with Crippen LogP contribution in [0.15, 0.2) is 48.5 Å². The number of ether oxygens (including phenoxy) is 1. The largest absolute Gasteiger partial charge is 0.494 e. The number of nitrogens with one attached hydrogen (secondary N) is 2. The number of thiocarbonyl (C=S) groups is 1. The average molecular weight is 440 g/mol. The highest BCUT2D eigenvalue weighted by Crippen LogP contribution is 2.14. The summed E-state index contributed by atoms with van der Waals surface area (Å²) in [5, 5.41) is 5.91. The Morgan fingerprint density at radius 1 is 1.22 bits per heavy atom. The zero-order chi connectivity index (χ0) is 16.7. The highest BCUT2D eigenvalue weighted by Gasteiger charge is 2.09. The first-order chi connectivity index (χ1) is 11.1. The van der Waals surface area contributed by atoms with Gasteiger partial charge in [-0.15, -0.1) is 0 Å². The predicted molar refractivity (Wildman–Crippen MR) is 105 cm³/mol. The van der Waals surface area contributed by atoms with Crippen LogP contribution in [0.3, 0.4) is 0 Å². The molecular weight excluding hydrogens is 423 g/mol. The van der Waals surface area contributed by atoms with Gasteiger partial charge < -0.3 is 10.1 Å². The van der Waals surface area contributed by atoms with Gasteiger partial charge in [0.1, 0.15) is 5.75 Å². The molecule has 0 aliphatic carbocycles. The zero-order valence-electron chi connectivity index (χ0n) is 12.6. The summed E-state index contributed by atoms with van der Waals surface area (Å²) in [5.41, 5.74) is 1.33. The van der Waals surface area contributed by atoms with Crippen molar-refractivity contribution in [3.63, 3.8) is 0 Å². The van der Waals surface area contributed by atoms with Crippen LogP contribution in [0.5, 0.6) is 5.75 Å². The Hall–Kier alpha value is -1.67. The van der Waals surface area contributed by atoms with E-state index in [-0.39, 0.29) is 11.0 Å². The molecule has 0 radical (unpaired) electrons. The molecule has 0 heterocycles. The molecule has 0 spiro atoms. The SMILES string of the molecule is CCCOc1cccc(C(=O)NC(=S)Nc2ccc(I)cc2)c1. The minimum absolute atomic E-state index is 0.260. The summed E-state index contributed by atoms with van der Waals surface area (Å²) in [6, 6.07) is 14.8. The van der Waals surface area contributed by atoms with Gasteiger partial charge in [0, 0.05) is 14.8 Å². The van der Waals surface area contributed by atoms with Crippen molar-refractivity contribution in [3.8, 4) is 5.75 Å². The van der Waals surface area contributed by atoms with Crippen LogP contribution in [0.1, 0.15) is 23.7 Å². The van der Waals surface area contributed by atoms with E-state index >= 15 is 0 Å². The minimum Gasteiger partial charge on any atom is -0.494 e.